The van der Waals surface area contributed by atoms with Crippen molar-refractivity contribution in [3.05, 3.63) is 70.8 Å². The maximum atomic E-state index is 11.6. The molecule has 2 heterocycles. The number of piperidine rings is 2. The summed E-state index contributed by atoms with van der Waals surface area (Å²) in [6.07, 6.45) is 5.61. The van der Waals surface area contributed by atoms with Gasteiger partial charge in [-0.1, -0.05) is 52.3 Å². The van der Waals surface area contributed by atoms with Gasteiger partial charge in [0.15, 0.2) is 0 Å². The summed E-state index contributed by atoms with van der Waals surface area (Å²) in [7, 11) is 0. The standard InChI is InChI=1S/C20H29N3O2.C12H14N2.C8H16BrNO2/c1-20(2,3)25-19(24)22-11-6-12-23-13-9-16(10-14-23)18-8-5-4-7-17(18)15-21;13-9-11-3-1-2-4-12(11)10-5-7-14-8-6-10;1-8(2,3)12-7(11)10-6-4-5-9/h4-5,7-8,16H,6,9-14H2,1-3H3,(H,22,24);1-4,10,14H,5-8H2;4-6H2,1-3H3,(H,10,11). The summed E-state index contributed by atoms with van der Waals surface area (Å²) in [6.45, 7) is 17.6. The lowest BCUT2D eigenvalue weighted by Gasteiger charge is -2.32. The highest BCUT2D eigenvalue weighted by molar-refractivity contribution is 9.09. The molecule has 11 heteroatoms. The third kappa shape index (κ3) is 18.4. The van der Waals surface area contributed by atoms with Crippen molar-refractivity contribution in [2.24, 2.45) is 0 Å². The number of nitrogens with zero attached hydrogens (tertiary/aromatic N) is 3. The van der Waals surface area contributed by atoms with Gasteiger partial charge in [0.05, 0.1) is 23.3 Å². The van der Waals surface area contributed by atoms with Crippen molar-refractivity contribution < 1.29 is 19.1 Å². The first-order chi connectivity index (χ1) is 24.3. The minimum Gasteiger partial charge on any atom is -0.444 e. The van der Waals surface area contributed by atoms with Crippen molar-refractivity contribution in [3.63, 3.8) is 0 Å². The van der Waals surface area contributed by atoms with Crippen LogP contribution in [0.5, 0.6) is 0 Å². The number of rotatable bonds is 9. The third-order valence-electron chi connectivity index (χ3n) is 8.27. The van der Waals surface area contributed by atoms with E-state index in [-0.39, 0.29) is 12.2 Å². The van der Waals surface area contributed by atoms with Crippen LogP contribution in [0.25, 0.3) is 0 Å². The molecule has 2 aliphatic rings. The first kappa shape index (κ1) is 43.5. The molecule has 0 aliphatic carbocycles. The van der Waals surface area contributed by atoms with E-state index in [1.54, 1.807) is 0 Å². The zero-order valence-corrected chi connectivity index (χ0v) is 33.1. The number of carbonyl (C=O) groups is 2. The van der Waals surface area contributed by atoms with Crippen LogP contribution < -0.4 is 16.0 Å². The van der Waals surface area contributed by atoms with Gasteiger partial charge in [0, 0.05) is 18.4 Å². The highest BCUT2D eigenvalue weighted by Gasteiger charge is 2.23. The van der Waals surface area contributed by atoms with Crippen LogP contribution in [0.3, 0.4) is 0 Å². The second-order valence-electron chi connectivity index (χ2n) is 14.8. The van der Waals surface area contributed by atoms with Crippen LogP contribution in [-0.2, 0) is 9.47 Å². The molecule has 0 saturated carbocycles. The van der Waals surface area contributed by atoms with E-state index in [0.717, 1.165) is 87.7 Å². The van der Waals surface area contributed by atoms with Gasteiger partial charge in [0.1, 0.15) is 11.2 Å². The number of nitrogens with one attached hydrogen (secondary N) is 3. The third-order valence-corrected chi connectivity index (χ3v) is 8.83. The maximum absolute atomic E-state index is 11.6. The van der Waals surface area contributed by atoms with E-state index in [2.05, 4.69) is 61.1 Å². The van der Waals surface area contributed by atoms with Gasteiger partial charge in [-0.3, -0.25) is 0 Å². The molecule has 0 spiro atoms. The number of likely N-dealkylation sites (tertiary alicyclic amines) is 1. The SMILES string of the molecule is CC(C)(C)OC(=O)NCCCBr.CC(C)(C)OC(=O)NCCCN1CCC(c2ccccc2C#N)CC1.N#Cc1ccccc1C1CCNCC1. The molecule has 280 valence electrons. The van der Waals surface area contributed by atoms with Gasteiger partial charge in [-0.05, 0) is 148 Å². The number of nitriles is 2. The topological polar surface area (TPSA) is 140 Å². The Morgan fingerprint density at radius 2 is 1.20 bits per heavy atom. The van der Waals surface area contributed by atoms with E-state index >= 15 is 0 Å². The average Bonchev–Trinajstić information content (AvgIpc) is 3.10. The van der Waals surface area contributed by atoms with Crippen LogP contribution >= 0.6 is 15.9 Å². The number of alkyl halides is 1. The summed E-state index contributed by atoms with van der Waals surface area (Å²) in [5.74, 6) is 1.05. The number of amides is 2. The predicted molar refractivity (Wildman–Crippen MR) is 207 cm³/mol. The largest absolute Gasteiger partial charge is 0.444 e. The van der Waals surface area contributed by atoms with Crippen molar-refractivity contribution in [1.29, 1.82) is 10.5 Å². The Kier molecular flexibility index (Phi) is 19.7. The van der Waals surface area contributed by atoms with E-state index in [9.17, 15) is 14.9 Å². The molecular formula is C40H59BrN6O4. The summed E-state index contributed by atoms with van der Waals surface area (Å²) in [5.41, 5.74) is 3.22. The highest BCUT2D eigenvalue weighted by atomic mass is 79.9. The average molecular weight is 768 g/mol. The minimum absolute atomic E-state index is 0.344. The van der Waals surface area contributed by atoms with Gasteiger partial charge in [-0.25, -0.2) is 9.59 Å². The Bertz CT molecular complexity index is 1410. The lowest BCUT2D eigenvalue weighted by molar-refractivity contribution is 0.0515. The fraction of sp³-hybridized carbons (Fsp3) is 0.600. The van der Waals surface area contributed by atoms with Crippen LogP contribution in [0, 0.1) is 22.7 Å². The molecule has 2 amide bonds. The molecule has 2 aromatic carbocycles. The molecule has 0 bridgehead atoms. The molecule has 51 heavy (non-hydrogen) atoms. The molecule has 2 saturated heterocycles. The number of carbonyl (C=O) groups excluding carboxylic acids is 2. The van der Waals surface area contributed by atoms with Crippen LogP contribution in [0.15, 0.2) is 48.5 Å². The molecule has 4 rings (SSSR count). The smallest absolute Gasteiger partial charge is 0.407 e. The predicted octanol–water partition coefficient (Wildman–Crippen LogP) is 7.97. The molecular weight excluding hydrogens is 708 g/mol. The summed E-state index contributed by atoms with van der Waals surface area (Å²) in [6, 6.07) is 20.5. The maximum Gasteiger partial charge on any atom is 0.407 e. The van der Waals surface area contributed by atoms with Gasteiger partial charge in [-0.2, -0.15) is 10.5 Å². The van der Waals surface area contributed by atoms with Gasteiger partial charge in [-0.15, -0.1) is 0 Å². The van der Waals surface area contributed by atoms with Crippen LogP contribution in [0.4, 0.5) is 9.59 Å². The van der Waals surface area contributed by atoms with Crippen molar-refractivity contribution in [2.75, 3.05) is 51.1 Å². The molecule has 2 fully saturated rings. The minimum atomic E-state index is -0.453. The fourth-order valence-electron chi connectivity index (χ4n) is 5.89. The zero-order chi connectivity index (χ0) is 37.7. The highest BCUT2D eigenvalue weighted by Crippen LogP contribution is 2.30. The quantitative estimate of drug-likeness (QED) is 0.173. The second-order valence-corrected chi connectivity index (χ2v) is 15.6. The normalized spacial score (nSPS) is 15.4. The number of alkyl carbamates (subject to hydrolysis) is 2. The number of benzene rings is 2. The Hall–Kier alpha value is -3.64. The van der Waals surface area contributed by atoms with Gasteiger partial charge in [0.25, 0.3) is 0 Å². The molecule has 2 aliphatic heterocycles. The summed E-state index contributed by atoms with van der Waals surface area (Å²) < 4.78 is 10.2. The van der Waals surface area contributed by atoms with Crippen LogP contribution in [-0.4, -0.2) is 79.4 Å². The monoisotopic (exact) mass is 766 g/mol. The molecule has 2 aromatic rings. The lowest BCUT2D eigenvalue weighted by atomic mass is 9.87. The van der Waals surface area contributed by atoms with Crippen molar-refractivity contribution >= 4 is 28.1 Å². The second kappa shape index (κ2) is 23.0. The van der Waals surface area contributed by atoms with Gasteiger partial charge in [0.2, 0.25) is 0 Å². The molecule has 0 unspecified atom stereocenters. The zero-order valence-electron chi connectivity index (χ0n) is 31.5. The molecule has 3 N–H and O–H groups in total. The summed E-state index contributed by atoms with van der Waals surface area (Å²) in [4.78, 5) is 25.0. The van der Waals surface area contributed by atoms with E-state index in [4.69, 9.17) is 14.7 Å². The van der Waals surface area contributed by atoms with E-state index in [0.29, 0.717) is 24.9 Å². The first-order valence-electron chi connectivity index (χ1n) is 18.2. The van der Waals surface area contributed by atoms with E-state index in [1.807, 2.05) is 77.9 Å². The Balaban J connectivity index is 0.000000292. The molecule has 10 nitrogen and oxygen atoms in total. The lowest BCUT2D eigenvalue weighted by Crippen LogP contribution is -2.37. The van der Waals surface area contributed by atoms with Crippen molar-refractivity contribution in [3.8, 4) is 12.1 Å². The number of hydrogen-bond donors (Lipinski definition) is 3. The van der Waals surface area contributed by atoms with Crippen molar-refractivity contribution in [2.45, 2.75) is 103 Å². The molecule has 0 aromatic heterocycles. The molecule has 0 radical (unpaired) electrons. The van der Waals surface area contributed by atoms with Gasteiger partial charge < -0.3 is 30.3 Å². The molecule has 0 atom stereocenters. The van der Waals surface area contributed by atoms with E-state index in [1.165, 1.54) is 11.1 Å². The Labute approximate surface area is 314 Å². The fourth-order valence-corrected chi connectivity index (χ4v) is 6.17. The van der Waals surface area contributed by atoms with Crippen LogP contribution in [0.1, 0.15) is 114 Å². The summed E-state index contributed by atoms with van der Waals surface area (Å²) in [5, 5.41) is 27.9. The number of ether oxygens (including phenoxy) is 2. The van der Waals surface area contributed by atoms with E-state index < -0.39 is 11.2 Å². The summed E-state index contributed by atoms with van der Waals surface area (Å²) >= 11 is 3.27. The first-order valence-corrected chi connectivity index (χ1v) is 19.3. The Morgan fingerprint density at radius 1 is 0.765 bits per heavy atom. The van der Waals surface area contributed by atoms with Gasteiger partial charge >= 0.3 is 12.2 Å². The number of hydrogen-bond acceptors (Lipinski definition) is 8. The number of halogens is 1. The Morgan fingerprint density at radius 3 is 1.63 bits per heavy atom. The van der Waals surface area contributed by atoms with Crippen LogP contribution in [0.2, 0.25) is 0 Å². The van der Waals surface area contributed by atoms with Crippen molar-refractivity contribution in [1.82, 2.24) is 20.9 Å².